The van der Waals surface area contributed by atoms with E-state index in [1.807, 2.05) is 0 Å². The third-order valence-electron chi connectivity index (χ3n) is 3.37. The highest BCUT2D eigenvalue weighted by molar-refractivity contribution is 7.90. The largest absolute Gasteiger partial charge is 0.465 e. The van der Waals surface area contributed by atoms with Gasteiger partial charge in [-0.2, -0.15) is 0 Å². The van der Waals surface area contributed by atoms with Crippen LogP contribution in [-0.4, -0.2) is 38.0 Å². The molecule has 1 atom stereocenters. The van der Waals surface area contributed by atoms with Crippen molar-refractivity contribution in [3.05, 3.63) is 59.9 Å². The summed E-state index contributed by atoms with van der Waals surface area (Å²) < 4.78 is 28.0. The van der Waals surface area contributed by atoms with E-state index in [1.165, 1.54) is 36.7 Å². The maximum atomic E-state index is 12.7. The minimum atomic E-state index is -3.36. The molecule has 0 N–H and O–H groups in total. The van der Waals surface area contributed by atoms with E-state index in [4.69, 9.17) is 4.74 Å². The molecular formula is C17H17NO5S. The molecule has 0 radical (unpaired) electrons. The first kappa shape index (κ1) is 17.8. The van der Waals surface area contributed by atoms with Crippen LogP contribution >= 0.6 is 0 Å². The zero-order chi connectivity index (χ0) is 17.7. The van der Waals surface area contributed by atoms with Crippen LogP contribution in [0.2, 0.25) is 0 Å². The van der Waals surface area contributed by atoms with E-state index in [0.717, 1.165) is 6.26 Å². The van der Waals surface area contributed by atoms with Gasteiger partial charge in [-0.25, -0.2) is 8.42 Å². The number of ketones is 1. The molecule has 1 heterocycles. The number of pyridine rings is 1. The number of esters is 1. The second kappa shape index (κ2) is 7.35. The maximum absolute atomic E-state index is 12.7. The number of carbonyl (C=O) groups is 2. The number of benzene rings is 1. The van der Waals surface area contributed by atoms with Crippen molar-refractivity contribution in [2.24, 2.45) is 0 Å². The molecule has 0 spiro atoms. The van der Waals surface area contributed by atoms with Crippen LogP contribution in [0.25, 0.3) is 0 Å². The van der Waals surface area contributed by atoms with Gasteiger partial charge in [0.2, 0.25) is 0 Å². The van der Waals surface area contributed by atoms with Crippen molar-refractivity contribution in [3.63, 3.8) is 0 Å². The van der Waals surface area contributed by atoms with Gasteiger partial charge in [0, 0.05) is 24.2 Å². The van der Waals surface area contributed by atoms with E-state index in [9.17, 15) is 18.0 Å². The van der Waals surface area contributed by atoms with Gasteiger partial charge in [-0.1, -0.05) is 18.2 Å². The molecule has 0 saturated carbocycles. The molecule has 6 nitrogen and oxygen atoms in total. The zero-order valence-electron chi connectivity index (χ0n) is 13.3. The standard InChI is InChI=1S/C17H17NO5S/c1-3-23-17(20)15(13-5-4-10-18-11-13)16(19)12-6-8-14(9-7-12)24(2,21)22/h4-11,15H,3H2,1-2H3. The van der Waals surface area contributed by atoms with Crippen molar-refractivity contribution in [1.82, 2.24) is 4.98 Å². The van der Waals surface area contributed by atoms with Crippen LogP contribution in [0.1, 0.15) is 28.8 Å². The first-order chi connectivity index (χ1) is 11.3. The van der Waals surface area contributed by atoms with E-state index in [-0.39, 0.29) is 17.1 Å². The Bertz CT molecular complexity index is 829. The quantitative estimate of drug-likeness (QED) is 0.451. The van der Waals surface area contributed by atoms with Gasteiger partial charge in [0.25, 0.3) is 0 Å². The molecule has 2 rings (SSSR count). The number of ether oxygens (including phenoxy) is 1. The second-order valence-electron chi connectivity index (χ2n) is 5.13. The van der Waals surface area contributed by atoms with E-state index in [2.05, 4.69) is 4.98 Å². The predicted molar refractivity (Wildman–Crippen MR) is 87.5 cm³/mol. The number of Topliss-reactive ketones (excluding diaryl/α,β-unsaturated/α-hetero) is 1. The van der Waals surface area contributed by atoms with Crippen LogP contribution in [-0.2, 0) is 19.4 Å². The van der Waals surface area contributed by atoms with E-state index in [1.54, 1.807) is 19.1 Å². The number of sulfone groups is 1. The summed E-state index contributed by atoms with van der Waals surface area (Å²) in [5.41, 5.74) is 0.650. The Morgan fingerprint density at radius 1 is 1.17 bits per heavy atom. The van der Waals surface area contributed by atoms with Crippen LogP contribution in [0.15, 0.2) is 53.7 Å². The average Bonchev–Trinajstić information content (AvgIpc) is 2.55. The van der Waals surface area contributed by atoms with Gasteiger partial charge in [-0.15, -0.1) is 0 Å². The summed E-state index contributed by atoms with van der Waals surface area (Å²) in [4.78, 5) is 29.0. The summed E-state index contributed by atoms with van der Waals surface area (Å²) in [6.45, 7) is 1.81. The molecule has 24 heavy (non-hydrogen) atoms. The molecular weight excluding hydrogens is 330 g/mol. The van der Waals surface area contributed by atoms with E-state index < -0.39 is 27.5 Å². The molecule has 0 aliphatic carbocycles. The fourth-order valence-electron chi connectivity index (χ4n) is 2.20. The molecule has 2 aromatic rings. The number of rotatable bonds is 6. The normalized spacial score (nSPS) is 12.4. The van der Waals surface area contributed by atoms with Crippen LogP contribution in [0.3, 0.4) is 0 Å². The van der Waals surface area contributed by atoms with Crippen molar-refractivity contribution in [2.75, 3.05) is 12.9 Å². The fraction of sp³-hybridized carbons (Fsp3) is 0.235. The lowest BCUT2D eigenvalue weighted by Crippen LogP contribution is -2.24. The maximum Gasteiger partial charge on any atom is 0.321 e. The first-order valence-electron chi connectivity index (χ1n) is 7.25. The van der Waals surface area contributed by atoms with Crippen molar-refractivity contribution in [1.29, 1.82) is 0 Å². The molecule has 126 valence electrons. The summed E-state index contributed by atoms with van der Waals surface area (Å²) in [6.07, 6.45) is 4.06. The zero-order valence-corrected chi connectivity index (χ0v) is 14.1. The molecule has 0 amide bonds. The second-order valence-corrected chi connectivity index (χ2v) is 7.15. The highest BCUT2D eigenvalue weighted by Crippen LogP contribution is 2.23. The number of hydrogen-bond donors (Lipinski definition) is 0. The minimum absolute atomic E-state index is 0.105. The molecule has 1 aromatic heterocycles. The molecule has 7 heteroatoms. The Morgan fingerprint density at radius 3 is 2.33 bits per heavy atom. The third kappa shape index (κ3) is 4.05. The Morgan fingerprint density at radius 2 is 1.83 bits per heavy atom. The van der Waals surface area contributed by atoms with Gasteiger partial charge >= 0.3 is 5.97 Å². The smallest absolute Gasteiger partial charge is 0.321 e. The topological polar surface area (TPSA) is 90.4 Å². The summed E-state index contributed by atoms with van der Waals surface area (Å²) in [5, 5.41) is 0. The Hall–Kier alpha value is -2.54. The molecule has 0 bridgehead atoms. The van der Waals surface area contributed by atoms with Crippen molar-refractivity contribution in [2.45, 2.75) is 17.7 Å². The van der Waals surface area contributed by atoms with Crippen LogP contribution in [0.5, 0.6) is 0 Å². The van der Waals surface area contributed by atoms with Crippen LogP contribution < -0.4 is 0 Å². The van der Waals surface area contributed by atoms with Crippen molar-refractivity contribution < 1.29 is 22.7 Å². The summed E-state index contributed by atoms with van der Waals surface area (Å²) in [6, 6.07) is 8.71. The highest BCUT2D eigenvalue weighted by Gasteiger charge is 2.31. The van der Waals surface area contributed by atoms with Crippen molar-refractivity contribution in [3.8, 4) is 0 Å². The van der Waals surface area contributed by atoms with Gasteiger partial charge in [0.1, 0.15) is 5.92 Å². The monoisotopic (exact) mass is 347 g/mol. The van der Waals surface area contributed by atoms with Crippen LogP contribution in [0, 0.1) is 0 Å². The average molecular weight is 347 g/mol. The molecule has 0 aliphatic heterocycles. The van der Waals surface area contributed by atoms with Gasteiger partial charge < -0.3 is 4.74 Å². The SMILES string of the molecule is CCOC(=O)C(C(=O)c1ccc(S(C)(=O)=O)cc1)c1cccnc1. The lowest BCUT2D eigenvalue weighted by atomic mass is 9.92. The lowest BCUT2D eigenvalue weighted by Gasteiger charge is -2.15. The van der Waals surface area contributed by atoms with E-state index >= 15 is 0 Å². The van der Waals surface area contributed by atoms with E-state index in [0.29, 0.717) is 5.56 Å². The van der Waals surface area contributed by atoms with Gasteiger partial charge in [0.05, 0.1) is 11.5 Å². The molecule has 0 fully saturated rings. The Balaban J connectivity index is 2.39. The van der Waals surface area contributed by atoms with Gasteiger partial charge in [-0.05, 0) is 30.7 Å². The van der Waals surface area contributed by atoms with Gasteiger partial charge in [0.15, 0.2) is 15.6 Å². The minimum Gasteiger partial charge on any atom is -0.465 e. The fourth-order valence-corrected chi connectivity index (χ4v) is 2.83. The number of carbonyl (C=O) groups excluding carboxylic acids is 2. The molecule has 1 aromatic carbocycles. The summed E-state index contributed by atoms with van der Waals surface area (Å²) in [5.74, 6) is -2.27. The molecule has 0 aliphatic rings. The first-order valence-corrected chi connectivity index (χ1v) is 9.14. The summed E-state index contributed by atoms with van der Waals surface area (Å²) >= 11 is 0. The Kier molecular flexibility index (Phi) is 5.46. The number of aromatic nitrogens is 1. The number of hydrogen-bond acceptors (Lipinski definition) is 6. The molecule has 0 saturated heterocycles. The third-order valence-corrected chi connectivity index (χ3v) is 4.50. The van der Waals surface area contributed by atoms with Crippen LogP contribution in [0.4, 0.5) is 0 Å². The molecule has 1 unspecified atom stereocenters. The predicted octanol–water partition coefficient (Wildman–Crippen LogP) is 2.01. The summed E-state index contributed by atoms with van der Waals surface area (Å²) in [7, 11) is -3.36. The van der Waals surface area contributed by atoms with Gasteiger partial charge in [-0.3, -0.25) is 14.6 Å². The number of nitrogens with zero attached hydrogens (tertiary/aromatic N) is 1. The lowest BCUT2D eigenvalue weighted by molar-refractivity contribution is -0.143. The Labute approximate surface area is 140 Å². The highest BCUT2D eigenvalue weighted by atomic mass is 32.2. The van der Waals surface area contributed by atoms with Crippen molar-refractivity contribution >= 4 is 21.6 Å².